The smallest absolute Gasteiger partial charge is 0.759 e. The molecule has 0 amide bonds. The standard InChI is InChI=1S/C18H30O.C2H4O.2Na.H2O4S/c1-2-3-4-5-6-7-8-9-10-14-17-19-18-15-12-11-13-16-18;1-2-3-1;;;1-5(2,3)4/h11-13,15-16H,2-10,14,17H2,1H3;1-2H2;;;(H2,1,2,3,4)/q;;2*+1;/p-2. The molecule has 1 aliphatic heterocycles. The van der Waals surface area contributed by atoms with Crippen LogP contribution in [0.3, 0.4) is 0 Å². The van der Waals surface area contributed by atoms with Gasteiger partial charge in [0.05, 0.1) is 19.8 Å². The zero-order valence-corrected chi connectivity index (χ0v) is 23.3. The van der Waals surface area contributed by atoms with Crippen LogP contribution in [0.25, 0.3) is 0 Å². The molecule has 1 aromatic rings. The minimum absolute atomic E-state index is 0. The van der Waals surface area contributed by atoms with Crippen LogP contribution in [0.2, 0.25) is 0 Å². The molecule has 9 heteroatoms. The predicted molar refractivity (Wildman–Crippen MR) is 105 cm³/mol. The van der Waals surface area contributed by atoms with Crippen molar-refractivity contribution in [1.82, 2.24) is 0 Å². The Kier molecular flexibility index (Phi) is 29.8. The minimum atomic E-state index is -5.17. The van der Waals surface area contributed by atoms with Crippen LogP contribution in [0.1, 0.15) is 71.1 Å². The Bertz CT molecular complexity index is 516. The van der Waals surface area contributed by atoms with Gasteiger partial charge in [-0.25, -0.2) is 0 Å². The number of hydrogen-bond acceptors (Lipinski definition) is 6. The number of hydrogen-bond donors (Lipinski definition) is 0. The summed E-state index contributed by atoms with van der Waals surface area (Å²) in [4.78, 5) is 0. The molecule has 0 aliphatic carbocycles. The van der Waals surface area contributed by atoms with Gasteiger partial charge in [-0.2, -0.15) is 0 Å². The molecule has 0 spiro atoms. The van der Waals surface area contributed by atoms with Gasteiger partial charge in [-0.05, 0) is 18.6 Å². The summed E-state index contributed by atoms with van der Waals surface area (Å²) in [6.07, 6.45) is 13.7. The zero-order chi connectivity index (χ0) is 20.2. The maximum Gasteiger partial charge on any atom is 1.00 e. The molecule has 1 aromatic carbocycles. The van der Waals surface area contributed by atoms with Crippen molar-refractivity contribution in [2.24, 2.45) is 0 Å². The monoisotopic (exact) mass is 448 g/mol. The molecule has 0 aromatic heterocycles. The third-order valence-electron chi connectivity index (χ3n) is 3.71. The number of ether oxygens (including phenoxy) is 2. The molecule has 0 bridgehead atoms. The van der Waals surface area contributed by atoms with Gasteiger partial charge in [-0.1, -0.05) is 82.9 Å². The van der Waals surface area contributed by atoms with Crippen LogP contribution in [0.15, 0.2) is 30.3 Å². The Morgan fingerprint density at radius 2 is 1.21 bits per heavy atom. The summed E-state index contributed by atoms with van der Waals surface area (Å²) in [5.74, 6) is 0.999. The van der Waals surface area contributed by atoms with Crippen LogP contribution in [0.4, 0.5) is 0 Å². The number of benzene rings is 1. The van der Waals surface area contributed by atoms with E-state index in [2.05, 4.69) is 11.7 Å². The van der Waals surface area contributed by atoms with Gasteiger partial charge >= 0.3 is 59.1 Å². The molecule has 1 aliphatic rings. The van der Waals surface area contributed by atoms with Crippen LogP contribution in [-0.4, -0.2) is 37.3 Å². The summed E-state index contributed by atoms with van der Waals surface area (Å²) in [5.41, 5.74) is 0. The van der Waals surface area contributed by atoms with E-state index in [1.54, 1.807) is 0 Å². The number of rotatable bonds is 12. The van der Waals surface area contributed by atoms with Crippen LogP contribution in [-0.2, 0) is 15.1 Å². The quantitative estimate of drug-likeness (QED) is 0.129. The Morgan fingerprint density at radius 1 is 0.828 bits per heavy atom. The normalized spacial score (nSPS) is 11.4. The van der Waals surface area contributed by atoms with E-state index in [0.29, 0.717) is 0 Å². The fraction of sp³-hybridized carbons (Fsp3) is 0.700. The van der Waals surface area contributed by atoms with Gasteiger partial charge in [0.15, 0.2) is 0 Å². The van der Waals surface area contributed by atoms with Crippen molar-refractivity contribution in [3.63, 3.8) is 0 Å². The first-order valence-electron chi connectivity index (χ1n) is 9.85. The first kappa shape index (κ1) is 34.5. The zero-order valence-electron chi connectivity index (χ0n) is 18.4. The van der Waals surface area contributed by atoms with Gasteiger partial charge < -0.3 is 18.6 Å². The van der Waals surface area contributed by atoms with Gasteiger partial charge in [0.1, 0.15) is 5.75 Å². The molecule has 158 valence electrons. The minimum Gasteiger partial charge on any atom is -0.759 e. The average molecular weight is 449 g/mol. The number of unbranched alkanes of at least 4 members (excludes halogenated alkanes) is 9. The molecule has 0 atom stereocenters. The van der Waals surface area contributed by atoms with E-state index in [4.69, 9.17) is 22.3 Å². The fourth-order valence-electron chi connectivity index (χ4n) is 2.30. The topological polar surface area (TPSA) is 102 Å². The fourth-order valence-corrected chi connectivity index (χ4v) is 2.30. The van der Waals surface area contributed by atoms with Gasteiger partial charge in [0.25, 0.3) is 0 Å². The van der Waals surface area contributed by atoms with Gasteiger partial charge in [-0.15, -0.1) is 0 Å². The second-order valence-corrected chi connectivity index (χ2v) is 7.18. The summed E-state index contributed by atoms with van der Waals surface area (Å²) in [7, 11) is -5.17. The molecule has 6 nitrogen and oxygen atoms in total. The van der Waals surface area contributed by atoms with E-state index in [1.165, 1.54) is 64.2 Å². The summed E-state index contributed by atoms with van der Waals surface area (Å²) >= 11 is 0. The molecule has 1 heterocycles. The SMILES string of the molecule is C1CO1.CCCCCCCCCCCCOc1ccccc1.O=S(=O)([O-])[O-].[Na+].[Na+]. The second-order valence-electron chi connectivity index (χ2n) is 6.36. The first-order chi connectivity index (χ1) is 12.9. The third kappa shape index (κ3) is 39.8. The Labute approximate surface area is 221 Å². The van der Waals surface area contributed by atoms with Gasteiger partial charge in [0, 0.05) is 10.4 Å². The van der Waals surface area contributed by atoms with Crippen molar-refractivity contribution in [3.05, 3.63) is 30.3 Å². The molecular formula is C20H34Na2O6S. The average Bonchev–Trinajstić information content (AvgIpc) is 3.48. The maximum atomic E-state index is 8.52. The van der Waals surface area contributed by atoms with E-state index in [-0.39, 0.29) is 59.1 Å². The van der Waals surface area contributed by atoms with Crippen LogP contribution in [0.5, 0.6) is 5.75 Å². The van der Waals surface area contributed by atoms with E-state index in [0.717, 1.165) is 25.6 Å². The number of epoxide rings is 1. The molecule has 0 unspecified atom stereocenters. The van der Waals surface area contributed by atoms with Gasteiger partial charge in [-0.3, -0.25) is 8.42 Å². The summed E-state index contributed by atoms with van der Waals surface area (Å²) in [6.45, 7) is 5.14. The summed E-state index contributed by atoms with van der Waals surface area (Å²) < 4.78 is 44.3. The van der Waals surface area contributed by atoms with Crippen molar-refractivity contribution >= 4 is 10.4 Å². The molecule has 1 fully saturated rings. The van der Waals surface area contributed by atoms with E-state index >= 15 is 0 Å². The molecule has 0 saturated carbocycles. The second kappa shape index (κ2) is 25.1. The van der Waals surface area contributed by atoms with Crippen LogP contribution in [0, 0.1) is 0 Å². The molecule has 1 saturated heterocycles. The van der Waals surface area contributed by atoms with E-state index in [9.17, 15) is 0 Å². The molecule has 2 rings (SSSR count). The van der Waals surface area contributed by atoms with E-state index in [1.807, 2.05) is 30.3 Å². The molecular weight excluding hydrogens is 414 g/mol. The van der Waals surface area contributed by atoms with Crippen LogP contribution >= 0.6 is 0 Å². The predicted octanol–water partition coefficient (Wildman–Crippen LogP) is -1.33. The van der Waals surface area contributed by atoms with Crippen molar-refractivity contribution in [1.29, 1.82) is 0 Å². The van der Waals surface area contributed by atoms with Crippen molar-refractivity contribution < 1.29 is 86.1 Å². The summed E-state index contributed by atoms with van der Waals surface area (Å²) in [6, 6.07) is 10.1. The maximum absolute atomic E-state index is 8.52. The summed E-state index contributed by atoms with van der Waals surface area (Å²) in [5, 5.41) is 0. The van der Waals surface area contributed by atoms with Crippen LogP contribution < -0.4 is 63.9 Å². The Balaban J connectivity index is -0.000000567. The molecule has 29 heavy (non-hydrogen) atoms. The van der Waals surface area contributed by atoms with Crippen molar-refractivity contribution in [3.8, 4) is 5.75 Å². The molecule has 0 radical (unpaired) electrons. The van der Waals surface area contributed by atoms with Crippen molar-refractivity contribution in [2.75, 3.05) is 19.8 Å². The first-order valence-corrected chi connectivity index (χ1v) is 11.2. The Morgan fingerprint density at radius 3 is 1.59 bits per heavy atom. The van der Waals surface area contributed by atoms with Crippen molar-refractivity contribution in [2.45, 2.75) is 71.1 Å². The largest absolute Gasteiger partial charge is 1.00 e. The number of para-hydroxylation sites is 1. The Hall–Kier alpha value is 0.850. The molecule has 0 N–H and O–H groups in total. The van der Waals surface area contributed by atoms with Gasteiger partial charge in [0.2, 0.25) is 0 Å². The van der Waals surface area contributed by atoms with E-state index < -0.39 is 10.4 Å². The third-order valence-corrected chi connectivity index (χ3v) is 3.71.